The van der Waals surface area contributed by atoms with Gasteiger partial charge in [0.25, 0.3) is 0 Å². The Balaban J connectivity index is 2.15. The van der Waals surface area contributed by atoms with Crippen LogP contribution in [0.15, 0.2) is 30.3 Å². The van der Waals surface area contributed by atoms with Crippen molar-refractivity contribution in [2.24, 2.45) is 5.73 Å². The van der Waals surface area contributed by atoms with Crippen molar-refractivity contribution in [2.45, 2.75) is 6.61 Å². The summed E-state index contributed by atoms with van der Waals surface area (Å²) in [5, 5.41) is 4.86. The van der Waals surface area contributed by atoms with Crippen LogP contribution >= 0.6 is 0 Å². The molecule has 0 heterocycles. The van der Waals surface area contributed by atoms with E-state index in [2.05, 4.69) is 22.5 Å². The molecular weight excluding hydrogens is 258 g/mol. The normalized spacial score (nSPS) is 9.05. The van der Waals surface area contributed by atoms with Gasteiger partial charge in [0, 0.05) is 0 Å². The molecule has 0 aliphatic carbocycles. The summed E-state index contributed by atoms with van der Waals surface area (Å²) in [6.45, 7) is 0.463. The Bertz CT molecular complexity index is 491. The maximum Gasteiger partial charge on any atom is 0.407 e. The van der Waals surface area contributed by atoms with Crippen LogP contribution in [0.5, 0.6) is 0 Å². The van der Waals surface area contributed by atoms with Crippen LogP contribution < -0.4 is 16.4 Å². The zero-order valence-corrected chi connectivity index (χ0v) is 11.0. The van der Waals surface area contributed by atoms with E-state index in [4.69, 9.17) is 10.5 Å². The van der Waals surface area contributed by atoms with Gasteiger partial charge >= 0.3 is 6.09 Å². The van der Waals surface area contributed by atoms with Crippen molar-refractivity contribution in [3.8, 4) is 11.8 Å². The van der Waals surface area contributed by atoms with E-state index in [1.165, 1.54) is 0 Å². The third kappa shape index (κ3) is 7.03. The van der Waals surface area contributed by atoms with E-state index in [-0.39, 0.29) is 32.1 Å². The third-order valence-electron chi connectivity index (χ3n) is 2.21. The second-order valence-electron chi connectivity index (χ2n) is 3.75. The number of ether oxygens (including phenoxy) is 1. The van der Waals surface area contributed by atoms with Crippen LogP contribution in [0.4, 0.5) is 4.79 Å². The van der Waals surface area contributed by atoms with Crippen LogP contribution in [-0.2, 0) is 16.1 Å². The third-order valence-corrected chi connectivity index (χ3v) is 2.21. The molecule has 106 valence electrons. The van der Waals surface area contributed by atoms with E-state index in [9.17, 15) is 9.59 Å². The molecule has 0 aliphatic rings. The summed E-state index contributed by atoms with van der Waals surface area (Å²) in [4.78, 5) is 22.6. The Morgan fingerprint density at radius 1 is 1.15 bits per heavy atom. The van der Waals surface area contributed by atoms with Gasteiger partial charge in [-0.3, -0.25) is 4.79 Å². The molecule has 6 heteroatoms. The van der Waals surface area contributed by atoms with Crippen molar-refractivity contribution in [1.29, 1.82) is 0 Å². The number of amides is 2. The summed E-state index contributed by atoms with van der Waals surface area (Å²) in [6.07, 6.45) is -0.642. The number of rotatable bonds is 5. The molecule has 0 saturated carbocycles. The fourth-order valence-corrected chi connectivity index (χ4v) is 1.27. The Kier molecular flexibility index (Phi) is 7.31. The van der Waals surface area contributed by atoms with Gasteiger partial charge in [-0.2, -0.15) is 0 Å². The lowest BCUT2D eigenvalue weighted by molar-refractivity contribution is -0.119. The number of hydrogen-bond donors (Lipinski definition) is 3. The van der Waals surface area contributed by atoms with Crippen molar-refractivity contribution >= 4 is 12.0 Å². The summed E-state index contributed by atoms with van der Waals surface area (Å²) in [7, 11) is 0. The predicted molar refractivity (Wildman–Crippen MR) is 74.5 cm³/mol. The van der Waals surface area contributed by atoms with Crippen LogP contribution in [-0.4, -0.2) is 31.6 Å². The van der Waals surface area contributed by atoms with Gasteiger partial charge in [-0.1, -0.05) is 42.2 Å². The van der Waals surface area contributed by atoms with Gasteiger partial charge in [0.15, 0.2) is 0 Å². The molecule has 0 atom stereocenters. The number of alkyl carbamates (subject to hydrolysis) is 1. The van der Waals surface area contributed by atoms with Gasteiger partial charge in [0.1, 0.15) is 13.2 Å². The van der Waals surface area contributed by atoms with Crippen molar-refractivity contribution in [2.75, 3.05) is 19.6 Å². The quantitative estimate of drug-likeness (QED) is 0.659. The van der Waals surface area contributed by atoms with Crippen molar-refractivity contribution < 1.29 is 14.3 Å². The number of carbonyl (C=O) groups is 2. The second kappa shape index (κ2) is 9.42. The highest BCUT2D eigenvalue weighted by atomic mass is 16.5. The highest BCUT2D eigenvalue weighted by Gasteiger charge is 2.05. The summed E-state index contributed by atoms with van der Waals surface area (Å²) < 4.78 is 4.95. The molecule has 0 bridgehead atoms. The maximum absolute atomic E-state index is 11.3. The first-order valence-electron chi connectivity index (χ1n) is 6.09. The number of hydrogen-bond acceptors (Lipinski definition) is 4. The molecule has 0 saturated heterocycles. The zero-order chi connectivity index (χ0) is 14.6. The van der Waals surface area contributed by atoms with Gasteiger partial charge in [-0.25, -0.2) is 4.79 Å². The highest BCUT2D eigenvalue weighted by Crippen LogP contribution is 2.00. The molecule has 2 amide bonds. The SMILES string of the molecule is NCC#CCNC(=O)CNC(=O)OCc1ccccc1. The van der Waals surface area contributed by atoms with Gasteiger partial charge in [-0.05, 0) is 5.56 Å². The molecule has 1 rings (SSSR count). The van der Waals surface area contributed by atoms with Gasteiger partial charge in [-0.15, -0.1) is 0 Å². The molecule has 4 N–H and O–H groups in total. The Morgan fingerprint density at radius 3 is 2.60 bits per heavy atom. The monoisotopic (exact) mass is 275 g/mol. The topological polar surface area (TPSA) is 93.5 Å². The standard InChI is InChI=1S/C14H17N3O3/c15-8-4-5-9-16-13(18)10-17-14(19)20-11-12-6-2-1-3-7-12/h1-3,6-7H,8-11,15H2,(H,16,18)(H,17,19). The minimum atomic E-state index is -0.642. The van der Waals surface area contributed by atoms with Crippen LogP contribution in [0.25, 0.3) is 0 Å². The van der Waals surface area contributed by atoms with Crippen LogP contribution in [0.3, 0.4) is 0 Å². The second-order valence-corrected chi connectivity index (χ2v) is 3.75. The van der Waals surface area contributed by atoms with Crippen molar-refractivity contribution in [1.82, 2.24) is 10.6 Å². The van der Waals surface area contributed by atoms with Crippen LogP contribution in [0, 0.1) is 11.8 Å². The number of nitrogens with two attached hydrogens (primary N) is 1. The Morgan fingerprint density at radius 2 is 1.90 bits per heavy atom. The van der Waals surface area contributed by atoms with E-state index >= 15 is 0 Å². The van der Waals surface area contributed by atoms with E-state index in [0.717, 1.165) is 5.56 Å². The lowest BCUT2D eigenvalue weighted by Crippen LogP contribution is -2.37. The molecule has 0 fully saturated rings. The first-order chi connectivity index (χ1) is 9.72. The fraction of sp³-hybridized carbons (Fsp3) is 0.286. The minimum absolute atomic E-state index is 0.155. The molecule has 20 heavy (non-hydrogen) atoms. The van der Waals surface area contributed by atoms with Gasteiger partial charge in [0.2, 0.25) is 5.91 Å². The molecule has 1 aromatic rings. The summed E-state index contributed by atoms with van der Waals surface area (Å²) in [5.41, 5.74) is 6.04. The number of carbonyl (C=O) groups excluding carboxylic acids is 2. The maximum atomic E-state index is 11.3. The van der Waals surface area contributed by atoms with Crippen molar-refractivity contribution in [3.63, 3.8) is 0 Å². The number of benzene rings is 1. The first-order valence-corrected chi connectivity index (χ1v) is 6.09. The molecule has 6 nitrogen and oxygen atoms in total. The lowest BCUT2D eigenvalue weighted by atomic mass is 10.2. The average Bonchev–Trinajstić information content (AvgIpc) is 2.48. The zero-order valence-electron chi connectivity index (χ0n) is 11.0. The van der Waals surface area contributed by atoms with E-state index in [1.54, 1.807) is 0 Å². The predicted octanol–water partition coefficient (Wildman–Crippen LogP) is -0.00890. The van der Waals surface area contributed by atoms with Crippen molar-refractivity contribution in [3.05, 3.63) is 35.9 Å². The molecule has 0 unspecified atom stereocenters. The highest BCUT2D eigenvalue weighted by molar-refractivity contribution is 5.82. The van der Waals surface area contributed by atoms with Gasteiger partial charge in [0.05, 0.1) is 13.1 Å². The summed E-state index contributed by atoms with van der Waals surface area (Å²) in [5.74, 6) is 4.92. The van der Waals surface area contributed by atoms with Crippen LogP contribution in [0.2, 0.25) is 0 Å². The molecule has 0 aromatic heterocycles. The van der Waals surface area contributed by atoms with E-state index in [1.807, 2.05) is 30.3 Å². The lowest BCUT2D eigenvalue weighted by Gasteiger charge is -2.06. The Hall–Kier alpha value is -2.52. The molecule has 1 aromatic carbocycles. The fourth-order valence-electron chi connectivity index (χ4n) is 1.27. The first kappa shape index (κ1) is 15.5. The largest absolute Gasteiger partial charge is 0.445 e. The average molecular weight is 275 g/mol. The molecule has 0 spiro atoms. The van der Waals surface area contributed by atoms with Crippen LogP contribution in [0.1, 0.15) is 5.56 Å². The Labute approximate surface area is 117 Å². The minimum Gasteiger partial charge on any atom is -0.445 e. The van der Waals surface area contributed by atoms with E-state index in [0.29, 0.717) is 0 Å². The molecule has 0 radical (unpaired) electrons. The smallest absolute Gasteiger partial charge is 0.407 e. The van der Waals surface area contributed by atoms with Gasteiger partial charge < -0.3 is 21.1 Å². The summed E-state index contributed by atoms with van der Waals surface area (Å²) >= 11 is 0. The molecule has 0 aliphatic heterocycles. The summed E-state index contributed by atoms with van der Waals surface area (Å²) in [6, 6.07) is 9.27. The molecular formula is C14H17N3O3. The van der Waals surface area contributed by atoms with E-state index < -0.39 is 6.09 Å². The number of nitrogens with one attached hydrogen (secondary N) is 2.